The number of alkyl halides is 2. The van der Waals surface area contributed by atoms with Gasteiger partial charge in [0.25, 0.3) is 11.8 Å². The molecule has 1 aliphatic carbocycles. The predicted molar refractivity (Wildman–Crippen MR) is 162 cm³/mol. The number of carbonyl (C=O) groups is 4. The number of ether oxygens (including phenoxy) is 4. The standard InChI is InChI=1S/C31H27Cl2F2N3O9/c1-44-15-26(39)36-22-4-2-3-18-28(22)30(42)38(29(18)41)13-27(40)46-24(10-19-20(32)11-37(43)12-21(19)33)17-7-8-23(47-31(34)35)25(9-17)45-14-16-5-6-16/h2-4,7-9,11-12,16,24,31H,5-6,10,13-15H2,1H3,(H,36,39). The fourth-order valence-corrected chi connectivity index (χ4v) is 5.48. The van der Waals surface area contributed by atoms with Crippen molar-refractivity contribution >= 4 is 52.6 Å². The number of methoxy groups -OCH3 is 1. The number of fused-ring (bicyclic) bond motifs is 1. The van der Waals surface area contributed by atoms with Crippen LogP contribution in [0.4, 0.5) is 14.5 Å². The van der Waals surface area contributed by atoms with E-state index in [1.165, 1.54) is 43.5 Å². The Morgan fingerprint density at radius 1 is 1.09 bits per heavy atom. The molecule has 5 rings (SSSR count). The van der Waals surface area contributed by atoms with Crippen LogP contribution in [-0.2, 0) is 25.5 Å². The summed E-state index contributed by atoms with van der Waals surface area (Å²) in [6, 6.07) is 8.24. The van der Waals surface area contributed by atoms with Gasteiger partial charge in [0.2, 0.25) is 5.91 Å². The molecule has 1 aromatic heterocycles. The number of nitrogens with one attached hydrogen (secondary N) is 1. The zero-order chi connectivity index (χ0) is 33.8. The maximum absolute atomic E-state index is 13.4. The van der Waals surface area contributed by atoms with E-state index in [2.05, 4.69) is 10.1 Å². The Labute approximate surface area is 276 Å². The third-order valence-electron chi connectivity index (χ3n) is 7.28. The fourth-order valence-electron chi connectivity index (χ4n) is 4.89. The maximum Gasteiger partial charge on any atom is 0.387 e. The molecule has 0 saturated heterocycles. The van der Waals surface area contributed by atoms with Gasteiger partial charge in [0.05, 0.1) is 23.4 Å². The molecule has 2 heterocycles. The van der Waals surface area contributed by atoms with E-state index in [-0.39, 0.29) is 75.0 Å². The van der Waals surface area contributed by atoms with Gasteiger partial charge in [-0.1, -0.05) is 35.3 Å². The van der Waals surface area contributed by atoms with E-state index in [0.717, 1.165) is 25.2 Å². The highest BCUT2D eigenvalue weighted by molar-refractivity contribution is 6.35. The number of nitrogens with zero attached hydrogens (tertiary/aromatic N) is 2. The van der Waals surface area contributed by atoms with E-state index in [1.807, 2.05) is 0 Å². The molecule has 1 aliphatic heterocycles. The first kappa shape index (κ1) is 33.8. The van der Waals surface area contributed by atoms with Crippen molar-refractivity contribution in [1.82, 2.24) is 4.90 Å². The second-order valence-corrected chi connectivity index (χ2v) is 11.5. The van der Waals surface area contributed by atoms with Crippen molar-refractivity contribution < 1.29 is 51.6 Å². The van der Waals surface area contributed by atoms with Gasteiger partial charge in [-0.2, -0.15) is 13.5 Å². The Balaban J connectivity index is 1.42. The van der Waals surface area contributed by atoms with E-state index in [9.17, 15) is 33.2 Å². The molecule has 0 spiro atoms. The highest BCUT2D eigenvalue weighted by atomic mass is 35.5. The summed E-state index contributed by atoms with van der Waals surface area (Å²) in [5.41, 5.74) is 0.402. The molecule has 1 atom stereocenters. The fraction of sp³-hybridized carbons (Fsp3) is 0.323. The molecule has 1 fully saturated rings. The summed E-state index contributed by atoms with van der Waals surface area (Å²) in [4.78, 5) is 52.7. The molecule has 12 nitrogen and oxygen atoms in total. The van der Waals surface area contributed by atoms with Crippen molar-refractivity contribution in [3.63, 3.8) is 0 Å². The van der Waals surface area contributed by atoms with Gasteiger partial charge in [-0.15, -0.1) is 0 Å². The van der Waals surface area contributed by atoms with Crippen molar-refractivity contribution in [2.45, 2.75) is 32.0 Å². The lowest BCUT2D eigenvalue weighted by molar-refractivity contribution is -0.605. The van der Waals surface area contributed by atoms with Crippen LogP contribution in [0.1, 0.15) is 50.8 Å². The summed E-state index contributed by atoms with van der Waals surface area (Å²) in [6.07, 6.45) is 2.53. The molecule has 0 bridgehead atoms. The van der Waals surface area contributed by atoms with E-state index in [1.54, 1.807) is 0 Å². The molecule has 248 valence electrons. The van der Waals surface area contributed by atoms with Gasteiger partial charge in [-0.25, -0.2) is 0 Å². The lowest BCUT2D eigenvalue weighted by Crippen LogP contribution is -2.36. The Kier molecular flexibility index (Phi) is 10.4. The first-order valence-electron chi connectivity index (χ1n) is 14.2. The number of rotatable bonds is 14. The first-order valence-corrected chi connectivity index (χ1v) is 15.0. The van der Waals surface area contributed by atoms with Gasteiger partial charge in [0.15, 0.2) is 23.9 Å². The highest BCUT2D eigenvalue weighted by Gasteiger charge is 2.39. The largest absolute Gasteiger partial charge is 0.619 e. The van der Waals surface area contributed by atoms with Gasteiger partial charge >= 0.3 is 12.6 Å². The molecular weight excluding hydrogens is 667 g/mol. The van der Waals surface area contributed by atoms with Crippen LogP contribution in [0.5, 0.6) is 11.5 Å². The van der Waals surface area contributed by atoms with Crippen LogP contribution in [0.3, 0.4) is 0 Å². The predicted octanol–water partition coefficient (Wildman–Crippen LogP) is 4.73. The topological polar surface area (TPSA) is 147 Å². The van der Waals surface area contributed by atoms with E-state index in [4.69, 9.17) is 37.4 Å². The first-order chi connectivity index (χ1) is 22.4. The average molecular weight is 694 g/mol. The normalized spacial score (nSPS) is 14.6. The maximum atomic E-state index is 13.4. The molecule has 16 heteroatoms. The van der Waals surface area contributed by atoms with E-state index < -0.39 is 43.0 Å². The van der Waals surface area contributed by atoms with Crippen molar-refractivity contribution in [2.24, 2.45) is 5.92 Å². The van der Waals surface area contributed by atoms with E-state index >= 15 is 0 Å². The lowest BCUT2D eigenvalue weighted by Gasteiger charge is -2.22. The zero-order valence-corrected chi connectivity index (χ0v) is 26.2. The minimum atomic E-state index is -3.13. The minimum Gasteiger partial charge on any atom is -0.619 e. The minimum absolute atomic E-state index is 0.0261. The number of imide groups is 1. The van der Waals surface area contributed by atoms with Crippen LogP contribution in [0.25, 0.3) is 0 Å². The quantitative estimate of drug-likeness (QED) is 0.110. The Hall–Kier alpha value is -4.53. The molecule has 1 N–H and O–H groups in total. The number of anilines is 1. The summed E-state index contributed by atoms with van der Waals surface area (Å²) in [6.45, 7) is -3.99. The van der Waals surface area contributed by atoms with Crippen LogP contribution < -0.4 is 19.5 Å². The third-order valence-corrected chi connectivity index (χ3v) is 7.94. The number of amides is 3. The Morgan fingerprint density at radius 3 is 2.47 bits per heavy atom. The number of benzene rings is 2. The number of hydrogen-bond donors (Lipinski definition) is 1. The van der Waals surface area contributed by atoms with Crippen LogP contribution in [0.2, 0.25) is 10.0 Å². The molecule has 1 saturated carbocycles. The Morgan fingerprint density at radius 2 is 1.81 bits per heavy atom. The lowest BCUT2D eigenvalue weighted by atomic mass is 10.0. The second kappa shape index (κ2) is 14.5. The summed E-state index contributed by atoms with van der Waals surface area (Å²) in [7, 11) is 1.32. The number of carbonyl (C=O) groups excluding carboxylic acids is 4. The average Bonchev–Trinajstić information content (AvgIpc) is 3.80. The van der Waals surface area contributed by atoms with Gasteiger partial charge in [0.1, 0.15) is 29.3 Å². The molecular formula is C31H27Cl2F2N3O9. The Bertz CT molecular complexity index is 1700. The number of halogens is 4. The summed E-state index contributed by atoms with van der Waals surface area (Å²) >= 11 is 12.6. The van der Waals surface area contributed by atoms with Crippen molar-refractivity contribution in [3.05, 3.63) is 86.3 Å². The van der Waals surface area contributed by atoms with Crippen molar-refractivity contribution in [2.75, 3.05) is 32.2 Å². The van der Waals surface area contributed by atoms with Gasteiger partial charge in [0, 0.05) is 19.1 Å². The molecule has 3 amide bonds. The van der Waals surface area contributed by atoms with Gasteiger partial charge in [-0.3, -0.25) is 24.1 Å². The smallest absolute Gasteiger partial charge is 0.387 e. The molecule has 0 radical (unpaired) electrons. The van der Waals surface area contributed by atoms with Crippen molar-refractivity contribution in [1.29, 1.82) is 0 Å². The molecule has 2 aliphatic rings. The van der Waals surface area contributed by atoms with Crippen LogP contribution >= 0.6 is 23.2 Å². The monoisotopic (exact) mass is 693 g/mol. The number of aromatic nitrogens is 1. The molecule has 2 aromatic carbocycles. The van der Waals surface area contributed by atoms with Crippen LogP contribution in [0.15, 0.2) is 48.8 Å². The molecule has 1 unspecified atom stereocenters. The summed E-state index contributed by atoms with van der Waals surface area (Å²) in [5.74, 6) is -3.22. The summed E-state index contributed by atoms with van der Waals surface area (Å²) in [5, 5.41) is 14.3. The van der Waals surface area contributed by atoms with Gasteiger partial charge in [-0.05, 0) is 48.6 Å². The van der Waals surface area contributed by atoms with Crippen LogP contribution in [-0.4, -0.2) is 62.1 Å². The van der Waals surface area contributed by atoms with Crippen molar-refractivity contribution in [3.8, 4) is 11.5 Å². The number of hydrogen-bond acceptors (Lipinski definition) is 9. The van der Waals surface area contributed by atoms with Gasteiger partial charge < -0.3 is 29.5 Å². The van der Waals surface area contributed by atoms with E-state index in [0.29, 0.717) is 9.63 Å². The SMILES string of the molecule is COCC(=O)Nc1cccc2c1C(=O)N(CC(=O)OC(Cc1c(Cl)c[n+]([O-])cc1Cl)c1ccc(OC(F)F)c(OCC3CC3)c1)C2=O. The highest BCUT2D eigenvalue weighted by Crippen LogP contribution is 2.38. The molecule has 3 aromatic rings. The molecule has 47 heavy (non-hydrogen) atoms. The zero-order valence-electron chi connectivity index (χ0n) is 24.7. The third kappa shape index (κ3) is 8.07. The van der Waals surface area contributed by atoms with Crippen LogP contribution in [0, 0.1) is 11.1 Å². The summed E-state index contributed by atoms with van der Waals surface area (Å²) < 4.78 is 47.6. The second-order valence-electron chi connectivity index (χ2n) is 10.7. The number of esters is 1. The number of pyridine rings is 1.